The highest BCUT2D eigenvalue weighted by Crippen LogP contribution is 2.47. The molecule has 0 radical (unpaired) electrons. The summed E-state index contributed by atoms with van der Waals surface area (Å²) in [5.41, 5.74) is -0.705. The Balaban J connectivity index is 2.55. The van der Waals surface area contributed by atoms with Gasteiger partial charge in [-0.2, -0.15) is 0 Å². The minimum Gasteiger partial charge on any atom is -0.481 e. The average Bonchev–Trinajstić information content (AvgIpc) is 2.06. The van der Waals surface area contributed by atoms with Crippen LogP contribution in [0.2, 0.25) is 0 Å². The molecule has 0 saturated heterocycles. The number of hydrogen-bond donors (Lipinski definition) is 1. The van der Waals surface area contributed by atoms with Gasteiger partial charge in [-0.25, -0.2) is 8.78 Å². The van der Waals surface area contributed by atoms with Crippen molar-refractivity contribution < 1.29 is 28.2 Å². The van der Waals surface area contributed by atoms with E-state index in [1.165, 1.54) is 0 Å². The summed E-state index contributed by atoms with van der Waals surface area (Å²) in [7, 11) is 0. The fourth-order valence-corrected chi connectivity index (χ4v) is 2.01. The molecule has 1 rings (SSSR count). The van der Waals surface area contributed by atoms with E-state index in [4.69, 9.17) is 9.84 Å². The Bertz CT molecular complexity index is 338. The molecule has 0 aliphatic heterocycles. The number of hydrogen-bond acceptors (Lipinski definition) is 3. The van der Waals surface area contributed by atoms with Crippen molar-refractivity contribution in [2.45, 2.75) is 51.6 Å². The number of halogens is 2. The summed E-state index contributed by atoms with van der Waals surface area (Å²) >= 11 is 0. The van der Waals surface area contributed by atoms with E-state index in [9.17, 15) is 18.4 Å². The Morgan fingerprint density at radius 3 is 2.22 bits per heavy atom. The van der Waals surface area contributed by atoms with Crippen molar-refractivity contribution in [1.82, 2.24) is 0 Å². The zero-order chi connectivity index (χ0) is 14.1. The molecule has 0 amide bonds. The first-order valence-corrected chi connectivity index (χ1v) is 5.83. The molecule has 0 aromatic heterocycles. The van der Waals surface area contributed by atoms with Crippen LogP contribution in [-0.4, -0.2) is 28.6 Å². The number of carboxylic acids is 1. The molecular formula is C12H18F2O4. The molecule has 1 aliphatic carbocycles. The van der Waals surface area contributed by atoms with Gasteiger partial charge in [-0.05, 0) is 26.7 Å². The third kappa shape index (κ3) is 4.23. The maximum absolute atomic E-state index is 12.7. The number of aliphatic carboxylic acids is 1. The second-order valence-corrected chi connectivity index (χ2v) is 5.76. The molecule has 0 heterocycles. The highest BCUT2D eigenvalue weighted by Gasteiger charge is 2.50. The summed E-state index contributed by atoms with van der Waals surface area (Å²) < 4.78 is 30.4. The lowest BCUT2D eigenvalue weighted by Crippen LogP contribution is -2.43. The Labute approximate surface area is 104 Å². The zero-order valence-electron chi connectivity index (χ0n) is 10.7. The Hall–Kier alpha value is -1.20. The van der Waals surface area contributed by atoms with Gasteiger partial charge in [-0.15, -0.1) is 0 Å². The lowest BCUT2D eigenvalue weighted by atomic mass is 9.72. The largest absolute Gasteiger partial charge is 0.481 e. The van der Waals surface area contributed by atoms with Gasteiger partial charge in [-0.3, -0.25) is 9.59 Å². The van der Waals surface area contributed by atoms with Crippen molar-refractivity contribution >= 4 is 11.9 Å². The maximum Gasteiger partial charge on any atom is 0.307 e. The topological polar surface area (TPSA) is 63.6 Å². The SMILES string of the molecule is CC(C)(C)OC(=O)CC(C(=O)O)C1CC(F)(F)C1. The van der Waals surface area contributed by atoms with Gasteiger partial charge in [0, 0.05) is 12.8 Å². The van der Waals surface area contributed by atoms with Crippen LogP contribution in [0.15, 0.2) is 0 Å². The normalized spacial score (nSPS) is 20.9. The van der Waals surface area contributed by atoms with Crippen LogP contribution in [0.4, 0.5) is 8.78 Å². The van der Waals surface area contributed by atoms with Gasteiger partial charge in [-0.1, -0.05) is 0 Å². The molecule has 1 fully saturated rings. The lowest BCUT2D eigenvalue weighted by molar-refractivity contribution is -0.171. The van der Waals surface area contributed by atoms with Crippen LogP contribution in [0.3, 0.4) is 0 Å². The number of alkyl halides is 2. The molecule has 18 heavy (non-hydrogen) atoms. The molecule has 104 valence electrons. The summed E-state index contributed by atoms with van der Waals surface area (Å²) in [6.07, 6.45) is -1.28. The van der Waals surface area contributed by atoms with Crippen LogP contribution in [0.5, 0.6) is 0 Å². The van der Waals surface area contributed by atoms with Gasteiger partial charge < -0.3 is 9.84 Å². The van der Waals surface area contributed by atoms with E-state index in [0.29, 0.717) is 0 Å². The predicted molar refractivity (Wildman–Crippen MR) is 59.3 cm³/mol. The monoisotopic (exact) mass is 264 g/mol. The van der Waals surface area contributed by atoms with Gasteiger partial charge in [0.25, 0.3) is 0 Å². The number of esters is 1. The highest BCUT2D eigenvalue weighted by atomic mass is 19.3. The van der Waals surface area contributed by atoms with Crippen molar-refractivity contribution in [2.75, 3.05) is 0 Å². The van der Waals surface area contributed by atoms with Crippen molar-refractivity contribution in [2.24, 2.45) is 11.8 Å². The lowest BCUT2D eigenvalue weighted by Gasteiger charge is -2.38. The third-order valence-electron chi connectivity index (χ3n) is 2.81. The van der Waals surface area contributed by atoms with Crippen LogP contribution in [0.1, 0.15) is 40.0 Å². The molecule has 1 atom stereocenters. The molecular weight excluding hydrogens is 246 g/mol. The van der Waals surface area contributed by atoms with Crippen molar-refractivity contribution in [3.05, 3.63) is 0 Å². The quantitative estimate of drug-likeness (QED) is 0.792. The second kappa shape index (κ2) is 4.82. The molecule has 1 saturated carbocycles. The van der Waals surface area contributed by atoms with Gasteiger partial charge in [0.2, 0.25) is 5.92 Å². The second-order valence-electron chi connectivity index (χ2n) is 5.76. The van der Waals surface area contributed by atoms with Crippen LogP contribution in [0, 0.1) is 11.8 Å². The molecule has 6 heteroatoms. The number of rotatable bonds is 4. The molecule has 0 spiro atoms. The van der Waals surface area contributed by atoms with E-state index in [0.717, 1.165) is 0 Å². The van der Waals surface area contributed by atoms with E-state index in [-0.39, 0.29) is 6.42 Å². The first kappa shape index (κ1) is 14.9. The number of carboxylic acid groups (broad SMARTS) is 1. The fraction of sp³-hybridized carbons (Fsp3) is 0.833. The molecule has 0 aromatic carbocycles. The Morgan fingerprint density at radius 2 is 1.89 bits per heavy atom. The Kier molecular flexibility index (Phi) is 3.98. The summed E-state index contributed by atoms with van der Waals surface area (Å²) in [4.78, 5) is 22.5. The summed E-state index contributed by atoms with van der Waals surface area (Å²) in [5, 5.41) is 8.97. The minimum atomic E-state index is -2.79. The number of ether oxygens (including phenoxy) is 1. The molecule has 1 N–H and O–H groups in total. The maximum atomic E-state index is 12.7. The highest BCUT2D eigenvalue weighted by molar-refractivity contribution is 5.79. The standard InChI is InChI=1S/C12H18F2O4/c1-11(2,3)18-9(15)4-8(10(16)17)7-5-12(13,14)6-7/h7-8H,4-6H2,1-3H3,(H,16,17). The smallest absolute Gasteiger partial charge is 0.307 e. The van der Waals surface area contributed by atoms with E-state index in [2.05, 4.69) is 0 Å². The van der Waals surface area contributed by atoms with Crippen LogP contribution >= 0.6 is 0 Å². The first-order valence-electron chi connectivity index (χ1n) is 5.83. The molecule has 1 aliphatic rings. The van der Waals surface area contributed by atoms with Crippen molar-refractivity contribution in [1.29, 1.82) is 0 Å². The van der Waals surface area contributed by atoms with Crippen molar-refractivity contribution in [3.63, 3.8) is 0 Å². The minimum absolute atomic E-state index is 0.354. The zero-order valence-corrected chi connectivity index (χ0v) is 10.7. The molecule has 0 aromatic rings. The summed E-state index contributed by atoms with van der Waals surface area (Å²) in [6.45, 7) is 4.99. The van der Waals surface area contributed by atoms with E-state index in [1.807, 2.05) is 0 Å². The predicted octanol–water partition coefficient (Wildman–Crippen LogP) is 2.46. The average molecular weight is 264 g/mol. The summed E-state index contributed by atoms with van der Waals surface area (Å²) in [6, 6.07) is 0. The van der Waals surface area contributed by atoms with Gasteiger partial charge in [0.1, 0.15) is 5.60 Å². The molecule has 4 nitrogen and oxygen atoms in total. The van der Waals surface area contributed by atoms with E-state index in [1.54, 1.807) is 20.8 Å². The van der Waals surface area contributed by atoms with Gasteiger partial charge in [0.15, 0.2) is 0 Å². The van der Waals surface area contributed by atoms with E-state index < -0.39 is 48.1 Å². The Morgan fingerprint density at radius 1 is 1.39 bits per heavy atom. The van der Waals surface area contributed by atoms with Crippen LogP contribution < -0.4 is 0 Å². The van der Waals surface area contributed by atoms with Gasteiger partial charge in [0.05, 0.1) is 12.3 Å². The van der Waals surface area contributed by atoms with Gasteiger partial charge >= 0.3 is 11.9 Å². The number of carbonyl (C=O) groups is 2. The van der Waals surface area contributed by atoms with Crippen LogP contribution in [0.25, 0.3) is 0 Å². The van der Waals surface area contributed by atoms with Crippen molar-refractivity contribution in [3.8, 4) is 0 Å². The number of carbonyl (C=O) groups excluding carboxylic acids is 1. The third-order valence-corrected chi connectivity index (χ3v) is 2.81. The first-order chi connectivity index (χ1) is 8.00. The summed E-state index contributed by atoms with van der Waals surface area (Å²) in [5.74, 6) is -6.40. The molecule has 1 unspecified atom stereocenters. The van der Waals surface area contributed by atoms with E-state index >= 15 is 0 Å². The van der Waals surface area contributed by atoms with Crippen LogP contribution in [-0.2, 0) is 14.3 Å². The molecule has 0 bridgehead atoms. The fourth-order valence-electron chi connectivity index (χ4n) is 2.01.